The second-order valence-corrected chi connectivity index (χ2v) is 6.16. The number of hydrogen-bond donors (Lipinski definition) is 0. The molecule has 0 N–H and O–H groups in total. The summed E-state index contributed by atoms with van der Waals surface area (Å²) < 4.78 is 0. The van der Waals surface area contributed by atoms with Gasteiger partial charge in [-0.25, -0.2) is 0 Å². The van der Waals surface area contributed by atoms with Gasteiger partial charge < -0.3 is 32.2 Å². The molecule has 0 saturated heterocycles. The summed E-state index contributed by atoms with van der Waals surface area (Å²) in [6.07, 6.45) is 0. The summed E-state index contributed by atoms with van der Waals surface area (Å²) in [5, 5.41) is 2.66. The predicted molar refractivity (Wildman–Crippen MR) is 90.1 cm³/mol. The van der Waals surface area contributed by atoms with Crippen LogP contribution in [0.1, 0.15) is 26.3 Å². The van der Waals surface area contributed by atoms with Gasteiger partial charge >= 0.3 is 26.2 Å². The van der Waals surface area contributed by atoms with Crippen molar-refractivity contribution in [3.8, 4) is 11.1 Å². The van der Waals surface area contributed by atoms with E-state index in [9.17, 15) is 0 Å². The van der Waals surface area contributed by atoms with E-state index in [1.165, 1.54) is 27.5 Å². The van der Waals surface area contributed by atoms with Crippen molar-refractivity contribution >= 4 is 10.8 Å². The van der Waals surface area contributed by atoms with Crippen LogP contribution >= 0.6 is 0 Å². The summed E-state index contributed by atoms with van der Waals surface area (Å²) in [7, 11) is 0. The molecule has 0 heterocycles. The van der Waals surface area contributed by atoms with Gasteiger partial charge in [-0.05, 0) is 16.5 Å². The molecule has 3 aromatic rings. The van der Waals surface area contributed by atoms with E-state index in [4.69, 9.17) is 0 Å². The molecule has 3 heteroatoms. The van der Waals surface area contributed by atoms with E-state index in [1.54, 1.807) is 0 Å². The van der Waals surface area contributed by atoms with Crippen molar-refractivity contribution < 1.29 is 51.0 Å². The Morgan fingerprint density at radius 3 is 2.00 bits per heavy atom. The SMILES string of the molecule is CC(C)(C)c1ccc(-c2cccc3[cH-]ccc23)cc1.[CH3-].[Cl-].[Cl-].[Zr+4]. The zero-order valence-corrected chi connectivity index (χ0v) is 18.0. The zero-order chi connectivity index (χ0) is 13.5. The number of halogens is 2. The molecule has 0 bridgehead atoms. The maximum absolute atomic E-state index is 2.25. The van der Waals surface area contributed by atoms with Gasteiger partial charge in [-0.3, -0.25) is 0 Å². The molecule has 0 aromatic heterocycles. The quantitative estimate of drug-likeness (QED) is 0.482. The van der Waals surface area contributed by atoms with Gasteiger partial charge in [-0.2, -0.15) is 12.1 Å². The third kappa shape index (κ3) is 5.25. The fourth-order valence-electron chi connectivity index (χ4n) is 2.56. The molecule has 0 spiro atoms. The molecule has 0 aliphatic carbocycles. The summed E-state index contributed by atoms with van der Waals surface area (Å²) in [5.41, 5.74) is 4.21. The van der Waals surface area contributed by atoms with Crippen molar-refractivity contribution in [2.75, 3.05) is 0 Å². The van der Waals surface area contributed by atoms with Gasteiger partial charge in [0.25, 0.3) is 0 Å². The molecular formula is C20H22Cl2Zr. The van der Waals surface area contributed by atoms with Crippen LogP contribution in [-0.2, 0) is 31.6 Å². The Hall–Kier alpha value is -0.487. The summed E-state index contributed by atoms with van der Waals surface area (Å²) in [4.78, 5) is 0. The van der Waals surface area contributed by atoms with Crippen LogP contribution in [0, 0.1) is 7.43 Å². The second-order valence-electron chi connectivity index (χ2n) is 6.16. The molecule has 0 amide bonds. The maximum atomic E-state index is 2.25. The van der Waals surface area contributed by atoms with E-state index < -0.39 is 0 Å². The third-order valence-corrected chi connectivity index (χ3v) is 3.74. The number of benzene rings is 2. The minimum absolute atomic E-state index is 0. The van der Waals surface area contributed by atoms with Crippen LogP contribution in [0.25, 0.3) is 21.9 Å². The standard InChI is InChI=1S/C19H19.CH3.2ClH.Zr/c1-19(2,3)16-12-10-15(11-13-16)18-9-5-7-14-6-4-8-17(14)18;;;;/h4-13H,1-3H3;1H3;2*1H;/q2*-1;;;+4/p-2. The molecule has 23 heavy (non-hydrogen) atoms. The largest absolute Gasteiger partial charge is 4.00 e. The van der Waals surface area contributed by atoms with Gasteiger partial charge in [-0.1, -0.05) is 56.7 Å². The molecule has 0 aliphatic heterocycles. The van der Waals surface area contributed by atoms with Gasteiger partial charge in [0.15, 0.2) is 0 Å². The average Bonchev–Trinajstić information content (AvgIpc) is 2.86. The van der Waals surface area contributed by atoms with Crippen molar-refractivity contribution in [1.29, 1.82) is 0 Å². The second kappa shape index (κ2) is 9.72. The molecule has 0 radical (unpaired) electrons. The fraction of sp³-hybridized carbons (Fsp3) is 0.200. The molecule has 3 aromatic carbocycles. The van der Waals surface area contributed by atoms with Gasteiger partial charge in [0.2, 0.25) is 0 Å². The van der Waals surface area contributed by atoms with Crippen LogP contribution in [0.2, 0.25) is 0 Å². The Bertz CT molecular complexity index is 706. The molecule has 0 unspecified atom stereocenters. The number of hydrogen-bond acceptors (Lipinski definition) is 0. The van der Waals surface area contributed by atoms with Crippen molar-refractivity contribution in [3.05, 3.63) is 73.7 Å². The molecule has 0 saturated carbocycles. The summed E-state index contributed by atoms with van der Waals surface area (Å²) >= 11 is 0. The van der Waals surface area contributed by atoms with E-state index in [0.717, 1.165) is 0 Å². The molecule has 0 aliphatic rings. The van der Waals surface area contributed by atoms with E-state index in [2.05, 4.69) is 81.4 Å². The maximum Gasteiger partial charge on any atom is 4.00 e. The van der Waals surface area contributed by atoms with E-state index >= 15 is 0 Å². The van der Waals surface area contributed by atoms with Gasteiger partial charge in [0.1, 0.15) is 0 Å². The van der Waals surface area contributed by atoms with Gasteiger partial charge in [-0.15, -0.1) is 29.0 Å². The Morgan fingerprint density at radius 2 is 1.43 bits per heavy atom. The molecular weight excluding hydrogens is 402 g/mol. The average molecular weight is 425 g/mol. The predicted octanol–water partition coefficient (Wildman–Crippen LogP) is -0.0210. The first-order chi connectivity index (χ1) is 9.05. The van der Waals surface area contributed by atoms with Gasteiger partial charge in [0, 0.05) is 0 Å². The van der Waals surface area contributed by atoms with Gasteiger partial charge in [0.05, 0.1) is 0 Å². The van der Waals surface area contributed by atoms with Crippen LogP contribution < -0.4 is 24.8 Å². The zero-order valence-electron chi connectivity index (χ0n) is 14.0. The van der Waals surface area contributed by atoms with Crippen LogP contribution in [0.5, 0.6) is 0 Å². The Morgan fingerprint density at radius 1 is 0.826 bits per heavy atom. The van der Waals surface area contributed by atoms with E-state index in [0.29, 0.717) is 0 Å². The minimum Gasteiger partial charge on any atom is -1.00 e. The van der Waals surface area contributed by atoms with Crippen LogP contribution in [0.3, 0.4) is 0 Å². The summed E-state index contributed by atoms with van der Waals surface area (Å²) in [5.74, 6) is 0. The Balaban J connectivity index is 0. The first-order valence-corrected chi connectivity index (χ1v) is 6.81. The fourth-order valence-corrected chi connectivity index (χ4v) is 2.56. The normalized spacial score (nSPS) is 9.87. The molecule has 0 fully saturated rings. The summed E-state index contributed by atoms with van der Waals surface area (Å²) in [6.45, 7) is 6.75. The third-order valence-electron chi connectivity index (χ3n) is 3.74. The molecule has 3 rings (SSSR count). The molecule has 0 atom stereocenters. The van der Waals surface area contributed by atoms with E-state index in [-0.39, 0.29) is 63.9 Å². The topological polar surface area (TPSA) is 0 Å². The molecule has 120 valence electrons. The monoisotopic (exact) mass is 422 g/mol. The van der Waals surface area contributed by atoms with Crippen LogP contribution in [0.15, 0.2) is 60.7 Å². The minimum atomic E-state index is 0. The first kappa shape index (κ1) is 24.8. The Labute approximate surface area is 172 Å². The molecule has 0 nitrogen and oxygen atoms in total. The Kier molecular flexibility index (Phi) is 10.5. The number of fused-ring (bicyclic) bond motifs is 1. The van der Waals surface area contributed by atoms with Crippen LogP contribution in [-0.4, -0.2) is 0 Å². The smallest absolute Gasteiger partial charge is 1.00 e. The first-order valence-electron chi connectivity index (χ1n) is 6.81. The van der Waals surface area contributed by atoms with Crippen molar-refractivity contribution in [2.45, 2.75) is 26.2 Å². The van der Waals surface area contributed by atoms with Crippen molar-refractivity contribution in [1.82, 2.24) is 0 Å². The van der Waals surface area contributed by atoms with Crippen molar-refractivity contribution in [2.24, 2.45) is 0 Å². The summed E-state index contributed by atoms with van der Waals surface area (Å²) in [6, 6.07) is 22.0. The van der Waals surface area contributed by atoms with Crippen molar-refractivity contribution in [3.63, 3.8) is 0 Å². The van der Waals surface area contributed by atoms with Crippen LogP contribution in [0.4, 0.5) is 0 Å². The van der Waals surface area contributed by atoms with E-state index in [1.807, 2.05) is 0 Å². The number of rotatable bonds is 1.